The minimum atomic E-state index is -3.49. The molecular formula is C23H25N3O5S2. The molecule has 1 heterocycles. The number of carbonyl (C=O) groups is 2. The zero-order valence-electron chi connectivity index (χ0n) is 18.2. The summed E-state index contributed by atoms with van der Waals surface area (Å²) >= 11 is 1.29. The predicted octanol–water partition coefficient (Wildman–Crippen LogP) is 3.50. The third-order valence-electron chi connectivity index (χ3n) is 4.76. The van der Waals surface area contributed by atoms with Gasteiger partial charge in [0.15, 0.2) is 0 Å². The minimum absolute atomic E-state index is 0.0836. The Morgan fingerprint density at radius 1 is 1.06 bits per heavy atom. The summed E-state index contributed by atoms with van der Waals surface area (Å²) in [6.45, 7) is 1.53. The topological polar surface area (TPSA) is 114 Å². The fourth-order valence-corrected chi connectivity index (χ4v) is 4.29. The van der Waals surface area contributed by atoms with Crippen LogP contribution in [0.2, 0.25) is 0 Å². The van der Waals surface area contributed by atoms with Gasteiger partial charge >= 0.3 is 0 Å². The fraction of sp³-hybridized carbons (Fsp3) is 0.217. The van der Waals surface area contributed by atoms with Crippen LogP contribution in [0.3, 0.4) is 0 Å². The van der Waals surface area contributed by atoms with Crippen LogP contribution in [0.1, 0.15) is 22.2 Å². The van der Waals surface area contributed by atoms with E-state index < -0.39 is 22.0 Å². The van der Waals surface area contributed by atoms with Crippen molar-refractivity contribution >= 4 is 44.5 Å². The molecule has 174 valence electrons. The highest BCUT2D eigenvalue weighted by atomic mass is 32.2. The SMILES string of the molecule is CCS(=O)(=O)Nc1ccc(NC(=O)[C@H](Cc2ccccc2)NC(=O)c2cccs2)cc1OC. The number of benzene rings is 2. The van der Waals surface area contributed by atoms with Crippen molar-refractivity contribution in [1.82, 2.24) is 5.32 Å². The quantitative estimate of drug-likeness (QED) is 0.405. The van der Waals surface area contributed by atoms with Crippen LogP contribution in [-0.2, 0) is 21.2 Å². The number of methoxy groups -OCH3 is 1. The van der Waals surface area contributed by atoms with Crippen LogP contribution in [0.25, 0.3) is 0 Å². The zero-order valence-corrected chi connectivity index (χ0v) is 19.8. The summed E-state index contributed by atoms with van der Waals surface area (Å²) in [5, 5.41) is 7.38. The average molecular weight is 488 g/mol. The summed E-state index contributed by atoms with van der Waals surface area (Å²) < 4.78 is 31.5. The second kappa shape index (κ2) is 11.0. The molecule has 0 aliphatic heterocycles. The van der Waals surface area contributed by atoms with Crippen molar-refractivity contribution in [2.45, 2.75) is 19.4 Å². The Bertz CT molecular complexity index is 1200. The number of hydrogen-bond acceptors (Lipinski definition) is 6. The molecule has 2 amide bonds. The van der Waals surface area contributed by atoms with Crippen molar-refractivity contribution in [3.05, 3.63) is 76.5 Å². The first-order chi connectivity index (χ1) is 15.8. The number of anilines is 2. The molecule has 0 bridgehead atoms. The summed E-state index contributed by atoms with van der Waals surface area (Å²) in [6, 6.07) is 16.6. The molecule has 0 spiro atoms. The zero-order chi connectivity index (χ0) is 23.8. The molecule has 3 N–H and O–H groups in total. The second-order valence-electron chi connectivity index (χ2n) is 7.10. The number of sulfonamides is 1. The maximum Gasteiger partial charge on any atom is 0.262 e. The standard InChI is InChI=1S/C23H25N3O5S2/c1-3-33(29,30)26-18-12-11-17(15-20(18)31-2)24-22(27)19(14-16-8-5-4-6-9-16)25-23(28)21-10-7-13-32-21/h4-13,15,19,26H,3,14H2,1-2H3,(H,24,27)(H,25,28)/t19-/m0/s1. The molecule has 33 heavy (non-hydrogen) atoms. The van der Waals surface area contributed by atoms with Crippen LogP contribution in [0.4, 0.5) is 11.4 Å². The van der Waals surface area contributed by atoms with E-state index in [-0.39, 0.29) is 23.1 Å². The van der Waals surface area contributed by atoms with Gasteiger partial charge in [0.25, 0.3) is 5.91 Å². The van der Waals surface area contributed by atoms with Gasteiger partial charge in [-0.1, -0.05) is 36.4 Å². The maximum absolute atomic E-state index is 13.1. The molecule has 3 rings (SSSR count). The Hall–Kier alpha value is -3.37. The van der Waals surface area contributed by atoms with Crippen LogP contribution in [0.15, 0.2) is 66.0 Å². The van der Waals surface area contributed by atoms with Crippen molar-refractivity contribution in [3.8, 4) is 5.75 Å². The molecule has 0 aliphatic rings. The number of thiophene rings is 1. The summed E-state index contributed by atoms with van der Waals surface area (Å²) in [6.07, 6.45) is 0.301. The summed E-state index contributed by atoms with van der Waals surface area (Å²) in [4.78, 5) is 26.2. The van der Waals surface area contributed by atoms with Gasteiger partial charge in [0.05, 0.1) is 23.4 Å². The molecule has 3 aromatic rings. The van der Waals surface area contributed by atoms with E-state index in [9.17, 15) is 18.0 Å². The third-order valence-corrected chi connectivity index (χ3v) is 6.92. The van der Waals surface area contributed by atoms with Gasteiger partial charge in [-0.25, -0.2) is 8.42 Å². The smallest absolute Gasteiger partial charge is 0.262 e. The minimum Gasteiger partial charge on any atom is -0.494 e. The lowest BCUT2D eigenvalue weighted by Gasteiger charge is -2.19. The van der Waals surface area contributed by atoms with Crippen molar-refractivity contribution in [1.29, 1.82) is 0 Å². The normalized spacial score (nSPS) is 11.9. The summed E-state index contributed by atoms with van der Waals surface area (Å²) in [5.41, 5.74) is 1.56. The molecule has 10 heteroatoms. The molecule has 8 nitrogen and oxygen atoms in total. The third kappa shape index (κ3) is 6.80. The lowest BCUT2D eigenvalue weighted by Crippen LogP contribution is -2.45. The summed E-state index contributed by atoms with van der Waals surface area (Å²) in [7, 11) is -2.08. The molecular weight excluding hydrogens is 462 g/mol. The van der Waals surface area contributed by atoms with Gasteiger partial charge in [-0.05, 0) is 36.1 Å². The molecule has 0 radical (unpaired) electrons. The fourth-order valence-electron chi connectivity index (χ4n) is 3.02. The van der Waals surface area contributed by atoms with E-state index in [0.717, 1.165) is 5.56 Å². The molecule has 0 aliphatic carbocycles. The Balaban J connectivity index is 1.79. The van der Waals surface area contributed by atoms with Crippen LogP contribution in [0.5, 0.6) is 5.75 Å². The highest BCUT2D eigenvalue weighted by molar-refractivity contribution is 7.92. The van der Waals surface area contributed by atoms with Crippen LogP contribution in [-0.4, -0.2) is 39.1 Å². The first-order valence-corrected chi connectivity index (χ1v) is 12.7. The van der Waals surface area contributed by atoms with E-state index in [1.807, 2.05) is 30.3 Å². The molecule has 1 atom stereocenters. The van der Waals surface area contributed by atoms with Crippen LogP contribution in [0, 0.1) is 0 Å². The number of ether oxygens (including phenoxy) is 1. The molecule has 0 fully saturated rings. The molecule has 2 aromatic carbocycles. The monoisotopic (exact) mass is 487 g/mol. The van der Waals surface area contributed by atoms with Gasteiger partial charge in [-0.3, -0.25) is 14.3 Å². The highest BCUT2D eigenvalue weighted by Gasteiger charge is 2.23. The highest BCUT2D eigenvalue weighted by Crippen LogP contribution is 2.29. The number of nitrogens with one attached hydrogen (secondary N) is 3. The number of hydrogen-bond donors (Lipinski definition) is 3. The Morgan fingerprint density at radius 3 is 2.45 bits per heavy atom. The molecule has 0 saturated carbocycles. The van der Waals surface area contributed by atoms with Gasteiger partial charge in [-0.2, -0.15) is 0 Å². The number of amides is 2. The van der Waals surface area contributed by atoms with Gasteiger partial charge in [-0.15, -0.1) is 11.3 Å². The molecule has 1 aromatic heterocycles. The van der Waals surface area contributed by atoms with Crippen molar-refractivity contribution < 1.29 is 22.7 Å². The maximum atomic E-state index is 13.1. The second-order valence-corrected chi connectivity index (χ2v) is 10.1. The van der Waals surface area contributed by atoms with Gasteiger partial charge in [0.2, 0.25) is 15.9 Å². The number of carbonyl (C=O) groups excluding carboxylic acids is 2. The van der Waals surface area contributed by atoms with Crippen LogP contribution >= 0.6 is 11.3 Å². The van der Waals surface area contributed by atoms with Gasteiger partial charge in [0.1, 0.15) is 11.8 Å². The Kier molecular flexibility index (Phi) is 8.07. The molecule has 0 unspecified atom stereocenters. The van der Waals surface area contributed by atoms with Gasteiger partial charge < -0.3 is 15.4 Å². The predicted molar refractivity (Wildman–Crippen MR) is 130 cm³/mol. The summed E-state index contributed by atoms with van der Waals surface area (Å²) in [5.74, 6) is -0.567. The Labute approximate surface area is 197 Å². The van der Waals surface area contributed by atoms with Crippen molar-refractivity contribution in [2.24, 2.45) is 0 Å². The first-order valence-electron chi connectivity index (χ1n) is 10.2. The van der Waals surface area contributed by atoms with E-state index in [0.29, 0.717) is 17.0 Å². The lowest BCUT2D eigenvalue weighted by atomic mass is 10.0. The van der Waals surface area contributed by atoms with E-state index in [2.05, 4.69) is 15.4 Å². The van der Waals surface area contributed by atoms with E-state index in [1.165, 1.54) is 37.5 Å². The molecule has 0 saturated heterocycles. The number of rotatable bonds is 10. The van der Waals surface area contributed by atoms with Crippen LogP contribution < -0.4 is 20.1 Å². The first kappa shape index (κ1) is 24.3. The Morgan fingerprint density at radius 2 is 1.82 bits per heavy atom. The lowest BCUT2D eigenvalue weighted by molar-refractivity contribution is -0.118. The average Bonchev–Trinajstić information content (AvgIpc) is 3.35. The van der Waals surface area contributed by atoms with Crippen molar-refractivity contribution in [3.63, 3.8) is 0 Å². The van der Waals surface area contributed by atoms with E-state index >= 15 is 0 Å². The van der Waals surface area contributed by atoms with Gasteiger partial charge in [0, 0.05) is 18.2 Å². The van der Waals surface area contributed by atoms with E-state index in [1.54, 1.807) is 23.6 Å². The van der Waals surface area contributed by atoms with Crippen molar-refractivity contribution in [2.75, 3.05) is 22.9 Å². The largest absolute Gasteiger partial charge is 0.494 e. The van der Waals surface area contributed by atoms with E-state index in [4.69, 9.17) is 4.74 Å².